The van der Waals surface area contributed by atoms with E-state index in [1.54, 1.807) is 12.1 Å². The van der Waals surface area contributed by atoms with Crippen LogP contribution in [0.2, 0.25) is 0 Å². The first-order valence-corrected chi connectivity index (χ1v) is 20.2. The topological polar surface area (TPSA) is 154 Å². The van der Waals surface area contributed by atoms with Crippen LogP contribution in [0, 0.1) is 5.92 Å². The number of piperidine rings is 1. The molecule has 5 aliphatic rings. The number of carbonyl (C=O) groups excluding carboxylic acids is 4. The lowest BCUT2D eigenvalue weighted by Gasteiger charge is -2.41. The second-order valence-electron chi connectivity index (χ2n) is 16.1. The molecule has 298 valence electrons. The van der Waals surface area contributed by atoms with Crippen molar-refractivity contribution in [2.75, 3.05) is 37.8 Å². The molecule has 2 saturated carbocycles. The minimum Gasteiger partial charge on any atom is -0.474 e. The van der Waals surface area contributed by atoms with E-state index >= 15 is 0 Å². The van der Waals surface area contributed by atoms with E-state index < -0.39 is 29.7 Å². The molecular weight excluding hydrogens is 741 g/mol. The molecule has 2 aromatic carbocycles. The first-order valence-electron chi connectivity index (χ1n) is 20.2. The van der Waals surface area contributed by atoms with E-state index in [0.29, 0.717) is 38.1 Å². The van der Waals surface area contributed by atoms with Crippen molar-refractivity contribution in [1.82, 2.24) is 24.8 Å². The highest BCUT2D eigenvalue weighted by atomic mass is 16.5. The van der Waals surface area contributed by atoms with Gasteiger partial charge in [0.25, 0.3) is 11.8 Å². The number of pyridine rings is 2. The molecule has 3 aliphatic heterocycles. The zero-order valence-electron chi connectivity index (χ0n) is 32.2. The van der Waals surface area contributed by atoms with Gasteiger partial charge in [-0.3, -0.25) is 34.4 Å². The predicted molar refractivity (Wildman–Crippen MR) is 212 cm³/mol. The third kappa shape index (κ3) is 6.78. The molecule has 1 unspecified atom stereocenters. The van der Waals surface area contributed by atoms with Crippen LogP contribution in [-0.4, -0.2) is 106 Å². The number of nitrogens with zero attached hydrogens (tertiary/aromatic N) is 5. The molecule has 4 fully saturated rings. The Kier molecular flexibility index (Phi) is 9.42. The summed E-state index contributed by atoms with van der Waals surface area (Å²) >= 11 is 0. The summed E-state index contributed by atoms with van der Waals surface area (Å²) in [4.78, 5) is 62.0. The molecule has 4 amide bonds. The molecule has 6 heterocycles. The number of imide groups is 2. The van der Waals surface area contributed by atoms with Crippen LogP contribution >= 0.6 is 0 Å². The van der Waals surface area contributed by atoms with Gasteiger partial charge in [0.05, 0.1) is 48.2 Å². The van der Waals surface area contributed by atoms with Crippen LogP contribution in [0.1, 0.15) is 59.2 Å². The number of hydrogen-bond donors (Lipinski definition) is 1. The lowest BCUT2D eigenvalue weighted by atomic mass is 9.82. The summed E-state index contributed by atoms with van der Waals surface area (Å²) in [7, 11) is 2.09. The number of anilines is 1. The van der Waals surface area contributed by atoms with Gasteiger partial charge in [-0.15, -0.1) is 0 Å². The fourth-order valence-corrected chi connectivity index (χ4v) is 8.83. The third-order valence-electron chi connectivity index (χ3n) is 12.4. The van der Waals surface area contributed by atoms with Gasteiger partial charge in [-0.25, -0.2) is 4.98 Å². The van der Waals surface area contributed by atoms with Crippen LogP contribution in [-0.2, 0) is 30.8 Å². The first-order chi connectivity index (χ1) is 28.3. The van der Waals surface area contributed by atoms with Gasteiger partial charge in [0.15, 0.2) is 0 Å². The molecule has 5 aromatic rings. The Hall–Kier alpha value is -5.70. The Morgan fingerprint density at radius 1 is 0.741 bits per heavy atom. The summed E-state index contributed by atoms with van der Waals surface area (Å²) in [6.07, 6.45) is 10.2. The Morgan fingerprint density at radius 3 is 2.31 bits per heavy atom. The SMILES string of the molecule is Cn1c2ccncc2c2ccc(-c3ccc(O[C@H]4C[C@H](OCC5CC(OCCOC6CN(c7ccc8c(c7)C(=O)N(C7CCC(=O)NC7=O)C8=O)C6)C5)C4)nc3)cc21. The van der Waals surface area contributed by atoms with E-state index in [9.17, 15) is 19.2 Å². The minimum absolute atomic E-state index is 0.0530. The number of rotatable bonds is 13. The average molecular weight is 785 g/mol. The van der Waals surface area contributed by atoms with Crippen LogP contribution in [0.4, 0.5) is 5.69 Å². The second kappa shape index (κ2) is 14.9. The Balaban J connectivity index is 0.593. The third-order valence-corrected chi connectivity index (χ3v) is 12.4. The molecule has 14 nitrogen and oxygen atoms in total. The predicted octanol–water partition coefficient (Wildman–Crippen LogP) is 4.82. The van der Waals surface area contributed by atoms with E-state index in [4.69, 9.17) is 18.9 Å². The number of aryl methyl sites for hydroxylation is 1. The van der Waals surface area contributed by atoms with Crippen LogP contribution < -0.4 is 15.0 Å². The molecular formula is C44H44N6O8. The van der Waals surface area contributed by atoms with Gasteiger partial charge in [0.2, 0.25) is 17.7 Å². The van der Waals surface area contributed by atoms with Gasteiger partial charge in [-0.1, -0.05) is 12.1 Å². The molecule has 14 heteroatoms. The normalized spacial score (nSPS) is 24.5. The Labute approximate surface area is 334 Å². The lowest BCUT2D eigenvalue weighted by Crippen LogP contribution is -2.54. The van der Waals surface area contributed by atoms with Crippen molar-refractivity contribution in [3.63, 3.8) is 0 Å². The number of benzene rings is 2. The lowest BCUT2D eigenvalue weighted by molar-refractivity contribution is -0.136. The number of nitrogens with one attached hydrogen (secondary N) is 1. The maximum Gasteiger partial charge on any atom is 0.262 e. The van der Waals surface area contributed by atoms with Gasteiger partial charge in [0, 0.05) is 98.2 Å². The number of carbonyl (C=O) groups is 4. The van der Waals surface area contributed by atoms with Crippen LogP contribution in [0.3, 0.4) is 0 Å². The van der Waals surface area contributed by atoms with Crippen molar-refractivity contribution in [3.05, 3.63) is 84.3 Å². The molecule has 0 radical (unpaired) electrons. The van der Waals surface area contributed by atoms with Crippen LogP contribution in [0.5, 0.6) is 5.88 Å². The van der Waals surface area contributed by atoms with Gasteiger partial charge < -0.3 is 28.4 Å². The van der Waals surface area contributed by atoms with Crippen molar-refractivity contribution in [3.8, 4) is 17.0 Å². The monoisotopic (exact) mass is 784 g/mol. The standard InChI is InChI=1S/C44H44N6O8/c1-48-37-10-11-45-21-36(37)33-5-2-26(16-39(33)48)27-3-9-41(46-20-27)58-31-18-30(19-31)57-24-25-14-29(15-25)55-12-13-56-32-22-49(23-32)28-4-6-34-35(17-28)44(54)50(43(34)53)38-7-8-40(51)47-42(38)52/h2-6,9-11,16-17,20-21,25,29-32,38H,7-8,12-15,18-19,22-24H2,1H3,(H,47,51,52)/t25?,29?,30-,31-,38?. The number of amides is 4. The quantitative estimate of drug-likeness (QED) is 0.129. The highest BCUT2D eigenvalue weighted by molar-refractivity contribution is 6.23. The van der Waals surface area contributed by atoms with Crippen molar-refractivity contribution in [1.29, 1.82) is 0 Å². The van der Waals surface area contributed by atoms with E-state index in [2.05, 4.69) is 56.1 Å². The minimum atomic E-state index is -0.975. The fourth-order valence-electron chi connectivity index (χ4n) is 8.83. The van der Waals surface area contributed by atoms with E-state index in [1.165, 1.54) is 5.39 Å². The van der Waals surface area contributed by atoms with Gasteiger partial charge in [-0.05, 0) is 67.1 Å². The van der Waals surface area contributed by atoms with Gasteiger partial charge in [-0.2, -0.15) is 0 Å². The summed E-state index contributed by atoms with van der Waals surface area (Å²) in [5.74, 6) is -0.871. The largest absolute Gasteiger partial charge is 0.474 e. The van der Waals surface area contributed by atoms with E-state index in [0.717, 1.165) is 70.4 Å². The summed E-state index contributed by atoms with van der Waals surface area (Å²) in [6.45, 7) is 3.12. The molecule has 3 aromatic heterocycles. The van der Waals surface area contributed by atoms with Gasteiger partial charge >= 0.3 is 0 Å². The molecule has 0 spiro atoms. The van der Waals surface area contributed by atoms with Crippen molar-refractivity contribution in [2.45, 2.75) is 69.0 Å². The van der Waals surface area contributed by atoms with E-state index in [-0.39, 0.29) is 48.4 Å². The maximum atomic E-state index is 13.2. The van der Waals surface area contributed by atoms with Crippen LogP contribution in [0.25, 0.3) is 32.9 Å². The summed E-state index contributed by atoms with van der Waals surface area (Å²) in [6, 6.07) is 16.7. The zero-order valence-corrected chi connectivity index (χ0v) is 32.2. The number of aromatic nitrogens is 3. The molecule has 2 aliphatic carbocycles. The Bertz CT molecular complexity index is 2430. The first kappa shape index (κ1) is 36.6. The number of fused-ring (bicyclic) bond motifs is 4. The summed E-state index contributed by atoms with van der Waals surface area (Å²) in [5, 5.41) is 4.57. The fraction of sp³-hybridized carbons (Fsp3) is 0.409. The smallest absolute Gasteiger partial charge is 0.262 e. The number of hydrogen-bond acceptors (Lipinski definition) is 11. The highest BCUT2D eigenvalue weighted by Gasteiger charge is 2.45. The maximum absolute atomic E-state index is 13.2. The van der Waals surface area contributed by atoms with Crippen molar-refractivity contribution < 1.29 is 38.1 Å². The molecule has 1 N–H and O–H groups in total. The second-order valence-corrected chi connectivity index (χ2v) is 16.1. The number of ether oxygens (including phenoxy) is 4. The molecule has 2 saturated heterocycles. The zero-order chi connectivity index (χ0) is 39.5. The van der Waals surface area contributed by atoms with Crippen LogP contribution in [0.15, 0.2) is 73.2 Å². The van der Waals surface area contributed by atoms with Crippen molar-refractivity contribution in [2.24, 2.45) is 13.0 Å². The van der Waals surface area contributed by atoms with Crippen molar-refractivity contribution >= 4 is 51.1 Å². The molecule has 0 bridgehead atoms. The van der Waals surface area contributed by atoms with Gasteiger partial charge in [0.1, 0.15) is 12.1 Å². The molecule has 58 heavy (non-hydrogen) atoms. The Morgan fingerprint density at radius 2 is 1.52 bits per heavy atom. The van der Waals surface area contributed by atoms with E-state index in [1.807, 2.05) is 36.8 Å². The molecule has 1 atom stereocenters. The summed E-state index contributed by atoms with van der Waals surface area (Å²) < 4.78 is 26.6. The average Bonchev–Trinajstić information content (AvgIpc) is 3.61. The highest BCUT2D eigenvalue weighted by Crippen LogP contribution is 2.36. The molecule has 10 rings (SSSR count). The summed E-state index contributed by atoms with van der Waals surface area (Å²) in [5.41, 5.74) is 5.86.